The van der Waals surface area contributed by atoms with E-state index < -0.39 is 11.6 Å². The number of halogens is 4. The van der Waals surface area contributed by atoms with Gasteiger partial charge in [0.25, 0.3) is 0 Å². The summed E-state index contributed by atoms with van der Waals surface area (Å²) in [7, 11) is 0. The fraction of sp³-hybridized carbons (Fsp3) is 0.0769. The second-order valence-corrected chi connectivity index (χ2v) is 5.83. The van der Waals surface area contributed by atoms with Crippen molar-refractivity contribution in [1.29, 1.82) is 0 Å². The molecule has 0 aliphatic carbocycles. The third-order valence-corrected chi connectivity index (χ3v) is 3.74. The molecule has 0 spiro atoms. The highest BCUT2D eigenvalue weighted by Gasteiger charge is 2.12. The van der Waals surface area contributed by atoms with E-state index in [0.29, 0.717) is 20.3 Å². The van der Waals surface area contributed by atoms with Crippen LogP contribution in [0.15, 0.2) is 33.2 Å². The first kappa shape index (κ1) is 14.3. The van der Waals surface area contributed by atoms with Gasteiger partial charge in [0.2, 0.25) is 0 Å². The number of benzene rings is 2. The van der Waals surface area contributed by atoms with E-state index in [1.54, 1.807) is 12.1 Å². The molecule has 0 aliphatic heterocycles. The Bertz CT molecular complexity index is 622. The van der Waals surface area contributed by atoms with Crippen LogP contribution in [0.1, 0.15) is 5.56 Å². The number of hydrogen-bond acceptors (Lipinski definition) is 2. The first-order valence-corrected chi connectivity index (χ1v) is 6.94. The molecule has 0 saturated heterocycles. The first-order valence-electron chi connectivity index (χ1n) is 5.35. The minimum atomic E-state index is -0.673. The summed E-state index contributed by atoms with van der Waals surface area (Å²) in [4.78, 5) is 0. The number of aryl methyl sites for hydroxylation is 1. The van der Waals surface area contributed by atoms with Crippen molar-refractivity contribution in [2.24, 2.45) is 0 Å². The van der Waals surface area contributed by atoms with Crippen LogP contribution in [-0.2, 0) is 0 Å². The summed E-state index contributed by atoms with van der Waals surface area (Å²) in [6.07, 6.45) is 0. The quantitative estimate of drug-likeness (QED) is 0.697. The molecule has 0 radical (unpaired) electrons. The van der Waals surface area contributed by atoms with E-state index in [1.807, 2.05) is 6.92 Å². The maximum atomic E-state index is 13.7. The van der Waals surface area contributed by atoms with Crippen LogP contribution < -0.4 is 11.1 Å². The lowest BCUT2D eigenvalue weighted by atomic mass is 10.1. The Morgan fingerprint density at radius 3 is 2.21 bits per heavy atom. The molecule has 0 saturated carbocycles. The average molecular weight is 392 g/mol. The van der Waals surface area contributed by atoms with Gasteiger partial charge in [0.1, 0.15) is 5.69 Å². The van der Waals surface area contributed by atoms with E-state index in [4.69, 9.17) is 5.73 Å². The van der Waals surface area contributed by atoms with Crippen LogP contribution >= 0.6 is 31.9 Å². The van der Waals surface area contributed by atoms with Gasteiger partial charge in [-0.3, -0.25) is 0 Å². The van der Waals surface area contributed by atoms with Gasteiger partial charge in [-0.1, -0.05) is 15.9 Å². The van der Waals surface area contributed by atoms with Gasteiger partial charge >= 0.3 is 0 Å². The lowest BCUT2D eigenvalue weighted by Gasteiger charge is -2.13. The highest BCUT2D eigenvalue weighted by molar-refractivity contribution is 9.10. The molecule has 0 unspecified atom stereocenters. The van der Waals surface area contributed by atoms with Crippen molar-refractivity contribution in [1.82, 2.24) is 0 Å². The molecule has 0 heterocycles. The van der Waals surface area contributed by atoms with Crippen LogP contribution in [0.5, 0.6) is 0 Å². The summed E-state index contributed by atoms with van der Waals surface area (Å²) in [5.41, 5.74) is 7.53. The fourth-order valence-corrected chi connectivity index (χ4v) is 2.45. The molecule has 6 heteroatoms. The Labute approximate surface area is 126 Å². The van der Waals surface area contributed by atoms with E-state index in [0.717, 1.165) is 5.56 Å². The van der Waals surface area contributed by atoms with Gasteiger partial charge in [0.15, 0.2) is 11.6 Å². The number of hydrogen-bond donors (Lipinski definition) is 2. The highest BCUT2D eigenvalue weighted by Crippen LogP contribution is 2.33. The van der Waals surface area contributed by atoms with Crippen molar-refractivity contribution < 1.29 is 8.78 Å². The third kappa shape index (κ3) is 3.06. The van der Waals surface area contributed by atoms with Gasteiger partial charge in [-0.2, -0.15) is 0 Å². The van der Waals surface area contributed by atoms with Gasteiger partial charge in [-0.25, -0.2) is 8.78 Å². The van der Waals surface area contributed by atoms with Gasteiger partial charge in [0.05, 0.1) is 5.69 Å². The molecule has 2 rings (SSSR count). The van der Waals surface area contributed by atoms with E-state index in [9.17, 15) is 8.78 Å². The van der Waals surface area contributed by atoms with Gasteiger partial charge < -0.3 is 11.1 Å². The van der Waals surface area contributed by atoms with Gasteiger partial charge in [-0.15, -0.1) is 0 Å². The largest absolute Gasteiger partial charge is 0.398 e. The normalized spacial score (nSPS) is 10.6. The van der Waals surface area contributed by atoms with Crippen LogP contribution in [-0.4, -0.2) is 0 Å². The molecule has 0 aliphatic rings. The van der Waals surface area contributed by atoms with Crippen LogP contribution in [0.4, 0.5) is 25.8 Å². The molecule has 19 heavy (non-hydrogen) atoms. The molecule has 0 bridgehead atoms. The predicted octanol–water partition coefficient (Wildman–Crippen LogP) is 5.12. The van der Waals surface area contributed by atoms with Gasteiger partial charge in [-0.05, 0) is 52.7 Å². The topological polar surface area (TPSA) is 38.0 Å². The fourth-order valence-electron chi connectivity index (χ4n) is 1.59. The molecule has 0 atom stereocenters. The van der Waals surface area contributed by atoms with E-state index in [1.165, 1.54) is 12.1 Å². The molecule has 2 nitrogen and oxygen atoms in total. The molecular weight excluding hydrogens is 382 g/mol. The predicted molar refractivity (Wildman–Crippen MR) is 80.6 cm³/mol. The molecule has 0 fully saturated rings. The Kier molecular flexibility index (Phi) is 4.10. The average Bonchev–Trinajstić information content (AvgIpc) is 2.29. The number of nitrogens with one attached hydrogen (secondary N) is 1. The second-order valence-electron chi connectivity index (χ2n) is 4.06. The van der Waals surface area contributed by atoms with Crippen LogP contribution in [0.25, 0.3) is 0 Å². The summed E-state index contributed by atoms with van der Waals surface area (Å²) in [5.74, 6) is -1.35. The van der Waals surface area contributed by atoms with E-state index >= 15 is 0 Å². The van der Waals surface area contributed by atoms with E-state index in [-0.39, 0.29) is 5.69 Å². The zero-order valence-corrected chi connectivity index (χ0v) is 13.1. The maximum Gasteiger partial charge on any atom is 0.150 e. The van der Waals surface area contributed by atoms with E-state index in [2.05, 4.69) is 37.2 Å². The molecule has 3 N–H and O–H groups in total. The van der Waals surface area contributed by atoms with Crippen LogP contribution in [0.3, 0.4) is 0 Å². The minimum Gasteiger partial charge on any atom is -0.398 e. The lowest BCUT2D eigenvalue weighted by Crippen LogP contribution is -2.00. The van der Waals surface area contributed by atoms with Crippen molar-refractivity contribution in [2.75, 3.05) is 11.1 Å². The number of nitrogen functional groups attached to an aromatic ring is 1. The Morgan fingerprint density at radius 2 is 1.63 bits per heavy atom. The van der Waals surface area contributed by atoms with Crippen LogP contribution in [0.2, 0.25) is 0 Å². The smallest absolute Gasteiger partial charge is 0.150 e. The number of rotatable bonds is 2. The molecule has 0 aromatic heterocycles. The van der Waals surface area contributed by atoms with Gasteiger partial charge in [0, 0.05) is 14.6 Å². The molecule has 0 amide bonds. The molecule has 2 aromatic carbocycles. The maximum absolute atomic E-state index is 13.7. The summed E-state index contributed by atoms with van der Waals surface area (Å²) in [6.45, 7) is 1.82. The van der Waals surface area contributed by atoms with Crippen LogP contribution in [0, 0.1) is 18.6 Å². The Morgan fingerprint density at radius 1 is 1.05 bits per heavy atom. The third-order valence-electron chi connectivity index (χ3n) is 2.62. The number of anilines is 3. The summed E-state index contributed by atoms with van der Waals surface area (Å²) in [6, 6.07) is 5.81. The molecule has 100 valence electrons. The molecular formula is C13H10Br2F2N2. The summed E-state index contributed by atoms with van der Waals surface area (Å²) >= 11 is 6.34. The second kappa shape index (κ2) is 5.46. The summed E-state index contributed by atoms with van der Waals surface area (Å²) in [5, 5.41) is 2.73. The molecule has 2 aromatic rings. The van der Waals surface area contributed by atoms with Crippen molar-refractivity contribution in [2.45, 2.75) is 6.92 Å². The highest BCUT2D eigenvalue weighted by atomic mass is 79.9. The standard InChI is InChI=1S/C13H10Br2F2N2/c1-6-2-12(8(15)5-11(6)18)19-13-9(16)3-7(14)4-10(13)17/h2-5,19H,18H2,1H3. The Balaban J connectivity index is 2.45. The first-order chi connectivity index (χ1) is 8.88. The summed E-state index contributed by atoms with van der Waals surface area (Å²) < 4.78 is 28.5. The zero-order valence-electron chi connectivity index (χ0n) is 9.90. The lowest BCUT2D eigenvalue weighted by molar-refractivity contribution is 0.589. The van der Waals surface area contributed by atoms with Crippen molar-refractivity contribution in [3.63, 3.8) is 0 Å². The van der Waals surface area contributed by atoms with Crippen molar-refractivity contribution in [3.8, 4) is 0 Å². The van der Waals surface area contributed by atoms with Crippen molar-refractivity contribution in [3.05, 3.63) is 50.4 Å². The zero-order chi connectivity index (χ0) is 14.2. The number of nitrogens with two attached hydrogens (primary N) is 1. The Hall–Kier alpha value is -1.14. The monoisotopic (exact) mass is 390 g/mol. The SMILES string of the molecule is Cc1cc(Nc2c(F)cc(Br)cc2F)c(Br)cc1N. The minimum absolute atomic E-state index is 0.201. The van der Waals surface area contributed by atoms with Crippen molar-refractivity contribution >= 4 is 48.9 Å².